The first kappa shape index (κ1) is 18.7. The predicted octanol–water partition coefficient (Wildman–Crippen LogP) is 4.11. The van der Waals surface area contributed by atoms with Crippen LogP contribution < -0.4 is 5.32 Å². The highest BCUT2D eigenvalue weighted by molar-refractivity contribution is 7.98. The SMILES string of the molecule is CSc1nccn1-c1ccc(C(=O)NCCCCc2nc(C)cs2)cc1. The zero-order chi connectivity index (χ0) is 18.4. The maximum absolute atomic E-state index is 12.3. The number of aryl methyl sites for hydroxylation is 2. The number of hydrogen-bond donors (Lipinski definition) is 1. The molecule has 3 aromatic rings. The zero-order valence-electron chi connectivity index (χ0n) is 14.9. The van der Waals surface area contributed by atoms with Gasteiger partial charge in [-0.3, -0.25) is 9.36 Å². The van der Waals surface area contributed by atoms with E-state index in [4.69, 9.17) is 0 Å². The lowest BCUT2D eigenvalue weighted by Crippen LogP contribution is -2.24. The molecular formula is C19H22N4OS2. The van der Waals surface area contributed by atoms with Crippen molar-refractivity contribution in [1.29, 1.82) is 0 Å². The minimum Gasteiger partial charge on any atom is -0.352 e. The van der Waals surface area contributed by atoms with E-state index < -0.39 is 0 Å². The van der Waals surface area contributed by atoms with E-state index >= 15 is 0 Å². The van der Waals surface area contributed by atoms with Gasteiger partial charge in [-0.2, -0.15) is 0 Å². The number of aromatic nitrogens is 3. The number of nitrogens with zero attached hydrogens (tertiary/aromatic N) is 3. The summed E-state index contributed by atoms with van der Waals surface area (Å²) in [5.41, 5.74) is 2.76. The Morgan fingerprint density at radius 2 is 2.08 bits per heavy atom. The normalized spacial score (nSPS) is 10.8. The highest BCUT2D eigenvalue weighted by atomic mass is 32.2. The zero-order valence-corrected chi connectivity index (χ0v) is 16.6. The Bertz CT molecular complexity index is 855. The van der Waals surface area contributed by atoms with Gasteiger partial charge in [-0.15, -0.1) is 11.3 Å². The van der Waals surface area contributed by atoms with E-state index in [0.29, 0.717) is 12.1 Å². The van der Waals surface area contributed by atoms with Crippen molar-refractivity contribution >= 4 is 29.0 Å². The molecule has 0 fully saturated rings. The number of nitrogens with one attached hydrogen (secondary N) is 1. The van der Waals surface area contributed by atoms with Gasteiger partial charge in [0.15, 0.2) is 5.16 Å². The summed E-state index contributed by atoms with van der Waals surface area (Å²) in [6, 6.07) is 7.60. The summed E-state index contributed by atoms with van der Waals surface area (Å²) in [4.78, 5) is 21.0. The van der Waals surface area contributed by atoms with Crippen LogP contribution in [-0.2, 0) is 6.42 Å². The lowest BCUT2D eigenvalue weighted by Gasteiger charge is -2.08. The molecule has 0 saturated heterocycles. The van der Waals surface area contributed by atoms with E-state index in [1.54, 1.807) is 29.3 Å². The highest BCUT2D eigenvalue weighted by Crippen LogP contribution is 2.18. The molecule has 0 radical (unpaired) electrons. The first-order valence-electron chi connectivity index (χ1n) is 8.54. The van der Waals surface area contributed by atoms with Crippen LogP contribution in [0.15, 0.2) is 47.2 Å². The Kier molecular flexibility index (Phi) is 6.46. The van der Waals surface area contributed by atoms with Gasteiger partial charge >= 0.3 is 0 Å². The molecule has 2 heterocycles. The molecule has 3 rings (SSSR count). The highest BCUT2D eigenvalue weighted by Gasteiger charge is 2.07. The van der Waals surface area contributed by atoms with Crippen molar-refractivity contribution < 1.29 is 4.79 Å². The van der Waals surface area contributed by atoms with Gasteiger partial charge in [0.05, 0.1) is 5.01 Å². The van der Waals surface area contributed by atoms with E-state index in [-0.39, 0.29) is 5.91 Å². The largest absolute Gasteiger partial charge is 0.352 e. The fourth-order valence-corrected chi connectivity index (χ4v) is 3.98. The third kappa shape index (κ3) is 4.74. The third-order valence-corrected chi connectivity index (χ3v) is 5.66. The van der Waals surface area contributed by atoms with Crippen molar-refractivity contribution in [3.8, 4) is 5.69 Å². The van der Waals surface area contributed by atoms with Crippen LogP contribution in [0.1, 0.15) is 33.9 Å². The molecule has 1 amide bonds. The number of amides is 1. The molecule has 0 spiro atoms. The minimum absolute atomic E-state index is 0.0302. The average Bonchev–Trinajstić information content (AvgIpc) is 3.30. The monoisotopic (exact) mass is 386 g/mol. The second-order valence-electron chi connectivity index (χ2n) is 5.93. The Balaban J connectivity index is 1.46. The lowest BCUT2D eigenvalue weighted by molar-refractivity contribution is 0.0953. The minimum atomic E-state index is -0.0302. The van der Waals surface area contributed by atoms with Gasteiger partial charge in [0, 0.05) is 41.3 Å². The Morgan fingerprint density at radius 1 is 1.27 bits per heavy atom. The molecule has 1 aromatic carbocycles. The van der Waals surface area contributed by atoms with E-state index in [0.717, 1.165) is 35.8 Å². The van der Waals surface area contributed by atoms with E-state index in [2.05, 4.69) is 20.7 Å². The van der Waals surface area contributed by atoms with Gasteiger partial charge in [0.25, 0.3) is 5.91 Å². The van der Waals surface area contributed by atoms with Crippen LogP contribution in [0, 0.1) is 6.92 Å². The second-order valence-corrected chi connectivity index (χ2v) is 7.64. The van der Waals surface area contributed by atoms with Gasteiger partial charge in [-0.05, 0) is 56.7 Å². The molecule has 7 heteroatoms. The number of imidazole rings is 1. The van der Waals surface area contributed by atoms with Crippen LogP contribution in [0.25, 0.3) is 5.69 Å². The summed E-state index contributed by atoms with van der Waals surface area (Å²) >= 11 is 3.30. The van der Waals surface area contributed by atoms with Crippen LogP contribution in [0.5, 0.6) is 0 Å². The molecule has 0 unspecified atom stereocenters. The first-order valence-corrected chi connectivity index (χ1v) is 10.6. The first-order chi connectivity index (χ1) is 12.7. The van der Waals surface area contributed by atoms with E-state index in [1.807, 2.05) is 48.2 Å². The van der Waals surface area contributed by atoms with Crippen molar-refractivity contribution in [2.75, 3.05) is 12.8 Å². The molecule has 0 aliphatic heterocycles. The van der Waals surface area contributed by atoms with Gasteiger partial charge < -0.3 is 5.32 Å². The molecule has 0 aliphatic rings. The maximum Gasteiger partial charge on any atom is 0.251 e. The third-order valence-electron chi connectivity index (χ3n) is 3.97. The molecule has 136 valence electrons. The topological polar surface area (TPSA) is 59.8 Å². The maximum atomic E-state index is 12.3. The second kappa shape index (κ2) is 9.00. The number of rotatable bonds is 8. The Labute approximate surface area is 161 Å². The smallest absolute Gasteiger partial charge is 0.251 e. The number of thioether (sulfide) groups is 1. The summed E-state index contributed by atoms with van der Waals surface area (Å²) in [6.07, 6.45) is 8.66. The summed E-state index contributed by atoms with van der Waals surface area (Å²) < 4.78 is 2.01. The van der Waals surface area contributed by atoms with Crippen molar-refractivity contribution in [2.24, 2.45) is 0 Å². The number of thiazole rings is 1. The Hall–Kier alpha value is -2.12. The molecule has 0 saturated carbocycles. The number of carbonyl (C=O) groups is 1. The quantitative estimate of drug-likeness (QED) is 0.467. The van der Waals surface area contributed by atoms with Gasteiger partial charge in [0.2, 0.25) is 0 Å². The van der Waals surface area contributed by atoms with Gasteiger partial charge in [-0.25, -0.2) is 9.97 Å². The molecule has 0 aliphatic carbocycles. The van der Waals surface area contributed by atoms with Gasteiger partial charge in [-0.1, -0.05) is 11.8 Å². The number of benzene rings is 1. The molecule has 2 aromatic heterocycles. The van der Waals surface area contributed by atoms with Crippen LogP contribution in [0.4, 0.5) is 0 Å². The summed E-state index contributed by atoms with van der Waals surface area (Å²) in [5.74, 6) is -0.0302. The summed E-state index contributed by atoms with van der Waals surface area (Å²) in [7, 11) is 0. The molecule has 1 N–H and O–H groups in total. The van der Waals surface area contributed by atoms with Crippen LogP contribution >= 0.6 is 23.1 Å². The molecule has 5 nitrogen and oxygen atoms in total. The van der Waals surface area contributed by atoms with Crippen molar-refractivity contribution in [3.63, 3.8) is 0 Å². The van der Waals surface area contributed by atoms with Crippen LogP contribution in [-0.4, -0.2) is 33.2 Å². The van der Waals surface area contributed by atoms with Crippen molar-refractivity contribution in [2.45, 2.75) is 31.3 Å². The predicted molar refractivity (Wildman–Crippen MR) is 107 cm³/mol. The van der Waals surface area contributed by atoms with Crippen molar-refractivity contribution in [1.82, 2.24) is 19.9 Å². The van der Waals surface area contributed by atoms with Crippen molar-refractivity contribution in [3.05, 3.63) is 58.3 Å². The number of hydrogen-bond acceptors (Lipinski definition) is 5. The number of carbonyl (C=O) groups excluding carboxylic acids is 1. The van der Waals surface area contributed by atoms with E-state index in [1.165, 1.54) is 5.01 Å². The molecular weight excluding hydrogens is 364 g/mol. The Morgan fingerprint density at radius 3 is 2.77 bits per heavy atom. The summed E-state index contributed by atoms with van der Waals surface area (Å²) in [6.45, 7) is 2.70. The van der Waals surface area contributed by atoms with Gasteiger partial charge in [0.1, 0.15) is 0 Å². The lowest BCUT2D eigenvalue weighted by atomic mass is 10.2. The van der Waals surface area contributed by atoms with E-state index in [9.17, 15) is 4.79 Å². The number of unbranched alkanes of at least 4 members (excludes halogenated alkanes) is 1. The molecule has 0 bridgehead atoms. The van der Waals surface area contributed by atoms with Crippen LogP contribution in [0.3, 0.4) is 0 Å². The standard InChI is InChI=1S/C19H22N4OS2/c1-14-13-26-17(22-14)5-3-4-10-20-18(24)15-6-8-16(9-7-15)23-12-11-21-19(23)25-2/h6-9,11-13H,3-5,10H2,1-2H3,(H,20,24). The summed E-state index contributed by atoms with van der Waals surface area (Å²) in [5, 5.41) is 7.17. The molecule has 0 atom stereocenters. The fraction of sp³-hybridized carbons (Fsp3) is 0.316. The van der Waals surface area contributed by atoms with Crippen LogP contribution in [0.2, 0.25) is 0 Å². The molecule has 26 heavy (non-hydrogen) atoms. The average molecular weight is 387 g/mol. The fourth-order valence-electron chi connectivity index (χ4n) is 2.63.